The number of hydrogen-bond donors (Lipinski definition) is 1. The summed E-state index contributed by atoms with van der Waals surface area (Å²) in [5.74, 6) is 0.842. The lowest BCUT2D eigenvalue weighted by Gasteiger charge is -2.08. The number of nitrogens with zero attached hydrogens (tertiary/aromatic N) is 4. The summed E-state index contributed by atoms with van der Waals surface area (Å²) in [6, 6.07) is 19.6. The lowest BCUT2D eigenvalue weighted by atomic mass is 10.3. The molecule has 0 spiro atoms. The Morgan fingerprint density at radius 3 is 2.63 bits per heavy atom. The van der Waals surface area contributed by atoms with E-state index in [1.165, 1.54) is 11.8 Å². The molecule has 2 aromatic carbocycles. The van der Waals surface area contributed by atoms with E-state index in [0.717, 1.165) is 27.6 Å². The van der Waals surface area contributed by atoms with Crippen molar-refractivity contribution in [2.45, 2.75) is 12.1 Å². The minimum Gasteiger partial charge on any atom is -0.322 e. The Kier molecular flexibility index (Phi) is 4.68. The van der Waals surface area contributed by atoms with E-state index in [1.54, 1.807) is 4.68 Å². The molecule has 1 N–H and O–H groups in total. The smallest absolute Gasteiger partial charge is 0.236 e. The Morgan fingerprint density at radius 1 is 1.11 bits per heavy atom. The molecule has 1 amide bonds. The van der Waals surface area contributed by atoms with E-state index in [4.69, 9.17) is 0 Å². The predicted octanol–water partition coefficient (Wildman–Crippen LogP) is 3.80. The van der Waals surface area contributed by atoms with Gasteiger partial charge in [0.05, 0.1) is 28.2 Å². The number of fused-ring (bicyclic) bond motifs is 1. The van der Waals surface area contributed by atoms with Crippen molar-refractivity contribution in [3.05, 3.63) is 66.4 Å². The molecule has 0 fully saturated rings. The van der Waals surface area contributed by atoms with Gasteiger partial charge in [0, 0.05) is 13.1 Å². The van der Waals surface area contributed by atoms with Gasteiger partial charge in [-0.15, -0.1) is 0 Å². The highest BCUT2D eigenvalue weighted by Gasteiger charge is 2.13. The van der Waals surface area contributed by atoms with Crippen LogP contribution >= 0.6 is 11.8 Å². The number of carbonyl (C=O) groups excluding carboxylic acids is 1. The number of rotatable bonds is 5. The van der Waals surface area contributed by atoms with Crippen LogP contribution in [0.25, 0.3) is 16.7 Å². The summed E-state index contributed by atoms with van der Waals surface area (Å²) in [6.07, 6.45) is 0. The molecule has 27 heavy (non-hydrogen) atoms. The van der Waals surface area contributed by atoms with Gasteiger partial charge in [-0.3, -0.25) is 4.79 Å². The van der Waals surface area contributed by atoms with E-state index in [2.05, 4.69) is 15.4 Å². The second-order valence-electron chi connectivity index (χ2n) is 6.20. The highest BCUT2D eigenvalue weighted by atomic mass is 32.2. The third-order valence-corrected chi connectivity index (χ3v) is 5.21. The standard InChI is InChI=1S/C20H19N5OS/c1-14-12-18(25(23-14)15-8-4-3-5-9-15)22-19(26)13-27-20-21-16-10-6-7-11-17(16)24(20)2/h3-12H,13H2,1-2H3,(H,22,26). The van der Waals surface area contributed by atoms with Crippen molar-refractivity contribution < 1.29 is 4.79 Å². The minimum atomic E-state index is -0.0934. The zero-order valence-corrected chi connectivity index (χ0v) is 15.9. The average molecular weight is 377 g/mol. The van der Waals surface area contributed by atoms with Crippen LogP contribution in [0.3, 0.4) is 0 Å². The maximum absolute atomic E-state index is 12.5. The van der Waals surface area contributed by atoms with Crippen molar-refractivity contribution in [1.29, 1.82) is 0 Å². The number of anilines is 1. The summed E-state index contributed by atoms with van der Waals surface area (Å²) in [7, 11) is 1.96. The number of hydrogen-bond acceptors (Lipinski definition) is 4. The van der Waals surface area contributed by atoms with Crippen LogP contribution in [-0.4, -0.2) is 31.0 Å². The van der Waals surface area contributed by atoms with Crippen LogP contribution in [0.1, 0.15) is 5.69 Å². The van der Waals surface area contributed by atoms with Crippen molar-refractivity contribution in [2.24, 2.45) is 7.05 Å². The summed E-state index contributed by atoms with van der Waals surface area (Å²) >= 11 is 1.42. The fraction of sp³-hybridized carbons (Fsp3) is 0.150. The van der Waals surface area contributed by atoms with E-state index in [0.29, 0.717) is 5.82 Å². The largest absolute Gasteiger partial charge is 0.322 e. The van der Waals surface area contributed by atoms with E-state index >= 15 is 0 Å². The van der Waals surface area contributed by atoms with E-state index < -0.39 is 0 Å². The molecule has 0 saturated carbocycles. The maximum atomic E-state index is 12.5. The number of aromatic nitrogens is 4. The van der Waals surface area contributed by atoms with Crippen LogP contribution in [0.2, 0.25) is 0 Å². The Labute approximate surface area is 161 Å². The van der Waals surface area contributed by atoms with Gasteiger partial charge in [-0.2, -0.15) is 5.10 Å². The highest BCUT2D eigenvalue weighted by molar-refractivity contribution is 7.99. The van der Waals surface area contributed by atoms with Gasteiger partial charge >= 0.3 is 0 Å². The molecule has 0 atom stereocenters. The molecular weight excluding hydrogens is 358 g/mol. The molecule has 7 heteroatoms. The maximum Gasteiger partial charge on any atom is 0.236 e. The predicted molar refractivity (Wildman–Crippen MR) is 108 cm³/mol. The summed E-state index contributed by atoms with van der Waals surface area (Å²) in [4.78, 5) is 17.1. The number of amides is 1. The van der Waals surface area contributed by atoms with Crippen LogP contribution in [0.5, 0.6) is 0 Å². The van der Waals surface area contributed by atoms with E-state index in [-0.39, 0.29) is 11.7 Å². The lowest BCUT2D eigenvalue weighted by molar-refractivity contribution is -0.113. The number of nitrogens with one attached hydrogen (secondary N) is 1. The molecule has 136 valence electrons. The van der Waals surface area contributed by atoms with Crippen molar-refractivity contribution in [1.82, 2.24) is 19.3 Å². The Hall–Kier alpha value is -3.06. The van der Waals surface area contributed by atoms with E-state index in [9.17, 15) is 4.79 Å². The topological polar surface area (TPSA) is 64.7 Å². The van der Waals surface area contributed by atoms with Crippen LogP contribution in [-0.2, 0) is 11.8 Å². The molecule has 0 aliphatic rings. The fourth-order valence-corrected chi connectivity index (χ4v) is 3.70. The van der Waals surface area contributed by atoms with Gasteiger partial charge in [0.25, 0.3) is 0 Å². The van der Waals surface area contributed by atoms with Gasteiger partial charge < -0.3 is 9.88 Å². The van der Waals surface area contributed by atoms with Crippen molar-refractivity contribution in [3.63, 3.8) is 0 Å². The number of imidazole rings is 1. The number of carbonyl (C=O) groups is 1. The highest BCUT2D eigenvalue weighted by Crippen LogP contribution is 2.23. The van der Waals surface area contributed by atoms with Crippen LogP contribution in [0.15, 0.2) is 65.8 Å². The lowest BCUT2D eigenvalue weighted by Crippen LogP contribution is -2.17. The molecule has 4 rings (SSSR count). The van der Waals surface area contributed by atoms with Gasteiger partial charge in [0.2, 0.25) is 5.91 Å². The zero-order chi connectivity index (χ0) is 18.8. The van der Waals surface area contributed by atoms with Crippen molar-refractivity contribution in [2.75, 3.05) is 11.1 Å². The Balaban J connectivity index is 1.48. The second kappa shape index (κ2) is 7.28. The van der Waals surface area contributed by atoms with Gasteiger partial charge in [0.15, 0.2) is 5.16 Å². The Bertz CT molecular complexity index is 1100. The first-order valence-electron chi connectivity index (χ1n) is 8.58. The van der Waals surface area contributed by atoms with Crippen molar-refractivity contribution in [3.8, 4) is 5.69 Å². The minimum absolute atomic E-state index is 0.0934. The summed E-state index contributed by atoms with van der Waals surface area (Å²) in [6.45, 7) is 1.91. The second-order valence-corrected chi connectivity index (χ2v) is 7.14. The number of aryl methyl sites for hydroxylation is 2. The van der Waals surface area contributed by atoms with Crippen LogP contribution < -0.4 is 5.32 Å². The van der Waals surface area contributed by atoms with Gasteiger partial charge in [-0.05, 0) is 31.2 Å². The number of benzene rings is 2. The van der Waals surface area contributed by atoms with Crippen LogP contribution in [0, 0.1) is 6.92 Å². The Morgan fingerprint density at radius 2 is 1.85 bits per heavy atom. The molecular formula is C20H19N5OS. The first-order valence-corrected chi connectivity index (χ1v) is 9.56. The summed E-state index contributed by atoms with van der Waals surface area (Å²) in [5, 5.41) is 8.25. The molecule has 6 nitrogen and oxygen atoms in total. The fourth-order valence-electron chi connectivity index (χ4n) is 2.92. The summed E-state index contributed by atoms with van der Waals surface area (Å²) < 4.78 is 3.75. The number of para-hydroxylation sites is 3. The normalized spacial score (nSPS) is 11.0. The van der Waals surface area contributed by atoms with E-state index in [1.807, 2.05) is 79.2 Å². The monoisotopic (exact) mass is 377 g/mol. The van der Waals surface area contributed by atoms with Crippen LogP contribution in [0.4, 0.5) is 5.82 Å². The van der Waals surface area contributed by atoms with Gasteiger partial charge in [-0.25, -0.2) is 9.67 Å². The molecule has 0 aliphatic carbocycles. The summed E-state index contributed by atoms with van der Waals surface area (Å²) in [5.41, 5.74) is 3.74. The molecule has 0 saturated heterocycles. The molecule has 2 aromatic heterocycles. The third-order valence-electron chi connectivity index (χ3n) is 4.18. The quantitative estimate of drug-likeness (QED) is 0.537. The third kappa shape index (κ3) is 3.59. The van der Waals surface area contributed by atoms with Gasteiger partial charge in [0.1, 0.15) is 5.82 Å². The van der Waals surface area contributed by atoms with Gasteiger partial charge in [-0.1, -0.05) is 42.1 Å². The first-order chi connectivity index (χ1) is 13.1. The SMILES string of the molecule is Cc1cc(NC(=O)CSc2nc3ccccc3n2C)n(-c2ccccc2)n1. The zero-order valence-electron chi connectivity index (χ0n) is 15.1. The van der Waals surface area contributed by atoms with Crippen molar-refractivity contribution >= 4 is 34.5 Å². The molecule has 2 heterocycles. The molecule has 0 radical (unpaired) electrons. The number of thioether (sulfide) groups is 1. The first kappa shape index (κ1) is 17.4. The molecule has 4 aromatic rings. The molecule has 0 unspecified atom stereocenters. The average Bonchev–Trinajstić information content (AvgIpc) is 3.21. The molecule has 0 aliphatic heterocycles. The molecule has 0 bridgehead atoms.